The van der Waals surface area contributed by atoms with Crippen molar-refractivity contribution in [2.24, 2.45) is 0 Å². The summed E-state index contributed by atoms with van der Waals surface area (Å²) in [6, 6.07) is -0.206. The molecular formula is C13H18ClN5O. The number of nitrogens with one attached hydrogen (secondary N) is 1. The maximum Gasteiger partial charge on any atom is 0.151 e. The van der Waals surface area contributed by atoms with Gasteiger partial charge in [-0.3, -0.25) is 4.68 Å². The molecular weight excluding hydrogens is 278 g/mol. The number of halogens is 1. The first-order valence-electron chi connectivity index (χ1n) is 6.33. The zero-order chi connectivity index (χ0) is 14.5. The van der Waals surface area contributed by atoms with Crippen LogP contribution in [0.5, 0.6) is 0 Å². The molecule has 2 aromatic rings. The second-order valence-electron chi connectivity index (χ2n) is 4.43. The second kappa shape index (κ2) is 6.78. The Bertz CT molecular complexity index is 554. The highest BCUT2D eigenvalue weighted by atomic mass is 35.5. The van der Waals surface area contributed by atoms with E-state index < -0.39 is 0 Å². The van der Waals surface area contributed by atoms with Gasteiger partial charge < -0.3 is 10.1 Å². The van der Waals surface area contributed by atoms with Crippen LogP contribution in [0, 0.1) is 6.92 Å². The van der Waals surface area contributed by atoms with Crippen LogP contribution in [0.15, 0.2) is 18.6 Å². The predicted octanol–water partition coefficient (Wildman–Crippen LogP) is 1.59. The Labute approximate surface area is 123 Å². The van der Waals surface area contributed by atoms with E-state index >= 15 is 0 Å². The van der Waals surface area contributed by atoms with Gasteiger partial charge in [-0.15, -0.1) is 0 Å². The van der Waals surface area contributed by atoms with Gasteiger partial charge in [-0.2, -0.15) is 5.10 Å². The number of ether oxygens (including phenoxy) is 1. The number of aromatic nitrogens is 4. The fourth-order valence-electron chi connectivity index (χ4n) is 1.95. The van der Waals surface area contributed by atoms with Gasteiger partial charge >= 0.3 is 0 Å². The SMILES string of the molecule is CNC(c1ncc(C)cn1)c1c(Cl)cnn1CCOC. The van der Waals surface area contributed by atoms with Gasteiger partial charge in [0, 0.05) is 19.5 Å². The highest BCUT2D eigenvalue weighted by molar-refractivity contribution is 6.31. The van der Waals surface area contributed by atoms with E-state index in [4.69, 9.17) is 16.3 Å². The van der Waals surface area contributed by atoms with Crippen molar-refractivity contribution in [1.29, 1.82) is 0 Å². The van der Waals surface area contributed by atoms with Crippen LogP contribution in [0.25, 0.3) is 0 Å². The molecule has 0 saturated carbocycles. The minimum atomic E-state index is -0.206. The molecule has 0 spiro atoms. The van der Waals surface area contributed by atoms with Gasteiger partial charge in [-0.05, 0) is 19.5 Å². The van der Waals surface area contributed by atoms with Gasteiger partial charge in [0.15, 0.2) is 5.82 Å². The molecule has 1 unspecified atom stereocenters. The summed E-state index contributed by atoms with van der Waals surface area (Å²) in [5, 5.41) is 8.05. The number of hydrogen-bond acceptors (Lipinski definition) is 5. The van der Waals surface area contributed by atoms with E-state index in [2.05, 4.69) is 20.4 Å². The van der Waals surface area contributed by atoms with Crippen molar-refractivity contribution < 1.29 is 4.74 Å². The third-order valence-corrected chi connectivity index (χ3v) is 3.25. The van der Waals surface area contributed by atoms with Gasteiger partial charge in [0.05, 0.1) is 30.1 Å². The molecule has 2 aromatic heterocycles. The average Bonchev–Trinajstić information content (AvgIpc) is 2.81. The number of hydrogen-bond donors (Lipinski definition) is 1. The molecule has 2 rings (SSSR count). The minimum Gasteiger partial charge on any atom is -0.383 e. The fourth-order valence-corrected chi connectivity index (χ4v) is 2.20. The van der Waals surface area contributed by atoms with E-state index in [1.165, 1.54) is 0 Å². The lowest BCUT2D eigenvalue weighted by Gasteiger charge is -2.17. The zero-order valence-corrected chi connectivity index (χ0v) is 12.6. The minimum absolute atomic E-state index is 0.206. The van der Waals surface area contributed by atoms with Crippen LogP contribution >= 0.6 is 11.6 Å². The van der Waals surface area contributed by atoms with E-state index in [0.717, 1.165) is 11.3 Å². The Kier molecular flexibility index (Phi) is 5.05. The van der Waals surface area contributed by atoms with Crippen LogP contribution in [0.2, 0.25) is 5.02 Å². The third kappa shape index (κ3) is 3.15. The Morgan fingerprint density at radius 3 is 2.65 bits per heavy atom. The molecule has 0 bridgehead atoms. The number of nitrogens with zero attached hydrogens (tertiary/aromatic N) is 4. The zero-order valence-electron chi connectivity index (χ0n) is 11.8. The fraction of sp³-hybridized carbons (Fsp3) is 0.462. The Morgan fingerprint density at radius 1 is 1.35 bits per heavy atom. The molecule has 0 saturated heterocycles. The second-order valence-corrected chi connectivity index (χ2v) is 4.84. The first-order chi connectivity index (χ1) is 9.67. The van der Waals surface area contributed by atoms with E-state index in [1.807, 2.05) is 18.7 Å². The van der Waals surface area contributed by atoms with E-state index in [0.29, 0.717) is 24.0 Å². The van der Waals surface area contributed by atoms with Crippen molar-refractivity contribution in [2.45, 2.75) is 19.5 Å². The van der Waals surface area contributed by atoms with Gasteiger partial charge in [-0.1, -0.05) is 11.6 Å². The highest BCUT2D eigenvalue weighted by Crippen LogP contribution is 2.26. The molecule has 1 N–H and O–H groups in total. The van der Waals surface area contributed by atoms with E-state index in [-0.39, 0.29) is 6.04 Å². The summed E-state index contributed by atoms with van der Waals surface area (Å²) >= 11 is 6.26. The molecule has 0 aliphatic carbocycles. The van der Waals surface area contributed by atoms with Gasteiger partial charge in [0.1, 0.15) is 6.04 Å². The van der Waals surface area contributed by atoms with Crippen LogP contribution in [0.3, 0.4) is 0 Å². The van der Waals surface area contributed by atoms with Crippen molar-refractivity contribution in [3.63, 3.8) is 0 Å². The van der Waals surface area contributed by atoms with E-state index in [9.17, 15) is 0 Å². The molecule has 0 radical (unpaired) electrons. The molecule has 20 heavy (non-hydrogen) atoms. The van der Waals surface area contributed by atoms with Gasteiger partial charge in [0.2, 0.25) is 0 Å². The average molecular weight is 296 g/mol. The summed E-state index contributed by atoms with van der Waals surface area (Å²) < 4.78 is 6.90. The molecule has 0 aliphatic rings. The lowest BCUT2D eigenvalue weighted by atomic mass is 10.2. The topological polar surface area (TPSA) is 64.9 Å². The largest absolute Gasteiger partial charge is 0.383 e. The van der Waals surface area contributed by atoms with Crippen molar-refractivity contribution >= 4 is 11.6 Å². The molecule has 108 valence electrons. The molecule has 0 aromatic carbocycles. The van der Waals surface area contributed by atoms with Gasteiger partial charge in [0.25, 0.3) is 0 Å². The summed E-state index contributed by atoms with van der Waals surface area (Å²) in [6.07, 6.45) is 5.21. The molecule has 2 heterocycles. The van der Waals surface area contributed by atoms with Crippen molar-refractivity contribution in [3.8, 4) is 0 Å². The first-order valence-corrected chi connectivity index (χ1v) is 6.71. The Hall–Kier alpha value is -1.50. The number of methoxy groups -OCH3 is 1. The predicted molar refractivity (Wildman–Crippen MR) is 76.8 cm³/mol. The van der Waals surface area contributed by atoms with Crippen molar-refractivity contribution in [1.82, 2.24) is 25.1 Å². The van der Waals surface area contributed by atoms with Crippen LogP contribution in [-0.4, -0.2) is 40.5 Å². The standard InChI is InChI=1S/C13H18ClN5O/c1-9-6-16-13(17-7-9)11(15-2)12-10(14)8-18-19(12)4-5-20-3/h6-8,11,15H,4-5H2,1-3H3. The molecule has 7 heteroatoms. The maximum absolute atomic E-state index is 6.26. The van der Waals surface area contributed by atoms with Crippen LogP contribution in [0.1, 0.15) is 23.1 Å². The third-order valence-electron chi connectivity index (χ3n) is 2.96. The summed E-state index contributed by atoms with van der Waals surface area (Å²) in [4.78, 5) is 8.73. The number of aryl methyl sites for hydroxylation is 1. The summed E-state index contributed by atoms with van der Waals surface area (Å²) in [6.45, 7) is 3.15. The van der Waals surface area contributed by atoms with Crippen molar-refractivity contribution in [2.75, 3.05) is 20.8 Å². The first kappa shape index (κ1) is 14.9. The highest BCUT2D eigenvalue weighted by Gasteiger charge is 2.22. The van der Waals surface area contributed by atoms with Gasteiger partial charge in [-0.25, -0.2) is 9.97 Å². The number of rotatable bonds is 6. The lowest BCUT2D eigenvalue weighted by molar-refractivity contribution is 0.182. The summed E-state index contributed by atoms with van der Waals surface area (Å²) in [5.74, 6) is 0.666. The Morgan fingerprint density at radius 2 is 2.05 bits per heavy atom. The normalized spacial score (nSPS) is 12.6. The van der Waals surface area contributed by atoms with Crippen LogP contribution in [0.4, 0.5) is 0 Å². The van der Waals surface area contributed by atoms with E-state index in [1.54, 1.807) is 25.7 Å². The smallest absolute Gasteiger partial charge is 0.151 e. The molecule has 1 atom stereocenters. The molecule has 0 aliphatic heterocycles. The van der Waals surface area contributed by atoms with Crippen LogP contribution < -0.4 is 5.32 Å². The molecule has 0 fully saturated rings. The molecule has 0 amide bonds. The Balaban J connectivity index is 2.35. The monoisotopic (exact) mass is 295 g/mol. The van der Waals surface area contributed by atoms with Crippen molar-refractivity contribution in [3.05, 3.63) is 40.7 Å². The summed E-state index contributed by atoms with van der Waals surface area (Å²) in [5.41, 5.74) is 1.86. The molecule has 6 nitrogen and oxygen atoms in total. The lowest BCUT2D eigenvalue weighted by Crippen LogP contribution is -2.24. The van der Waals surface area contributed by atoms with Crippen LogP contribution in [-0.2, 0) is 11.3 Å². The maximum atomic E-state index is 6.26. The quantitative estimate of drug-likeness (QED) is 0.877. The summed E-state index contributed by atoms with van der Waals surface area (Å²) in [7, 11) is 3.50.